The van der Waals surface area contributed by atoms with Crippen LogP contribution in [-0.4, -0.2) is 0 Å². The van der Waals surface area contributed by atoms with E-state index < -0.39 is 0 Å². The minimum atomic E-state index is 1.02. The number of rotatable bonds is 5. The lowest BCUT2D eigenvalue weighted by Crippen LogP contribution is -1.79. The van der Waals surface area contributed by atoms with E-state index in [1.807, 2.05) is 0 Å². The highest BCUT2D eigenvalue weighted by atomic mass is 14.0. The second-order valence-electron chi connectivity index (χ2n) is 4.99. The first-order valence-electron chi connectivity index (χ1n) is 7.38. The molecule has 2 aromatic carbocycles. The van der Waals surface area contributed by atoms with Gasteiger partial charge in [-0.1, -0.05) is 80.8 Å². The van der Waals surface area contributed by atoms with Gasteiger partial charge in [0.05, 0.1) is 0 Å². The minimum Gasteiger partial charge on any atom is -0.0979 e. The average Bonchev–Trinajstić information content (AvgIpc) is 2.46. The van der Waals surface area contributed by atoms with Gasteiger partial charge in [0.1, 0.15) is 0 Å². The van der Waals surface area contributed by atoms with E-state index >= 15 is 0 Å². The highest BCUT2D eigenvalue weighted by molar-refractivity contribution is 5.88. The van der Waals surface area contributed by atoms with Crippen LogP contribution in [0.4, 0.5) is 0 Å². The quantitative estimate of drug-likeness (QED) is 0.482. The van der Waals surface area contributed by atoms with E-state index in [4.69, 9.17) is 0 Å². The van der Waals surface area contributed by atoms with E-state index in [1.165, 1.54) is 42.9 Å². The molecule has 0 aliphatic carbocycles. The van der Waals surface area contributed by atoms with Crippen LogP contribution < -0.4 is 0 Å². The molecule has 2 aromatic rings. The molecule has 0 aliphatic rings. The Morgan fingerprint density at radius 2 is 1.63 bits per heavy atom. The zero-order chi connectivity index (χ0) is 13.3. The standard InChI is InChI=1S/C19H22/c1-2-3-4-5-6-7-8-12-17-14-11-15-18-13-9-10-16-19(17)18/h9-11,13-16H,2-7H2,1H3. The summed E-state index contributed by atoms with van der Waals surface area (Å²) in [5.74, 6) is 6.65. The summed E-state index contributed by atoms with van der Waals surface area (Å²) in [5.41, 5.74) is 1.16. The normalized spacial score (nSPS) is 10.2. The maximum Gasteiger partial charge on any atom is 0.0323 e. The first-order chi connectivity index (χ1) is 9.42. The van der Waals surface area contributed by atoms with Crippen molar-refractivity contribution in [2.24, 2.45) is 0 Å². The predicted molar refractivity (Wildman–Crippen MR) is 84.2 cm³/mol. The van der Waals surface area contributed by atoms with Crippen LogP contribution in [0.15, 0.2) is 42.5 Å². The molecule has 0 amide bonds. The molecule has 0 atom stereocenters. The Balaban J connectivity index is 1.94. The zero-order valence-corrected chi connectivity index (χ0v) is 11.8. The van der Waals surface area contributed by atoms with Crippen molar-refractivity contribution < 1.29 is 0 Å². The second kappa shape index (κ2) is 7.64. The number of benzene rings is 2. The van der Waals surface area contributed by atoms with Crippen LogP contribution >= 0.6 is 0 Å². The molecule has 0 nitrogen and oxygen atoms in total. The predicted octanol–water partition coefficient (Wildman–Crippen LogP) is 5.55. The molecule has 0 heteroatoms. The molecule has 0 fully saturated rings. The van der Waals surface area contributed by atoms with Crippen molar-refractivity contribution in [1.82, 2.24) is 0 Å². The van der Waals surface area contributed by atoms with Crippen LogP contribution in [-0.2, 0) is 0 Å². The Hall–Kier alpha value is -1.74. The molecule has 2 rings (SSSR count). The molecule has 0 spiro atoms. The maximum absolute atomic E-state index is 3.33. The molecule has 0 bridgehead atoms. The van der Waals surface area contributed by atoms with Crippen molar-refractivity contribution in [3.63, 3.8) is 0 Å². The second-order valence-corrected chi connectivity index (χ2v) is 4.99. The third-order valence-corrected chi connectivity index (χ3v) is 3.42. The van der Waals surface area contributed by atoms with Gasteiger partial charge in [-0.05, 0) is 23.3 Å². The Morgan fingerprint density at radius 1 is 0.842 bits per heavy atom. The van der Waals surface area contributed by atoms with Crippen molar-refractivity contribution >= 4 is 10.8 Å². The third-order valence-electron chi connectivity index (χ3n) is 3.42. The Kier molecular flexibility index (Phi) is 5.50. The van der Waals surface area contributed by atoms with Gasteiger partial charge in [0, 0.05) is 12.0 Å². The molecular formula is C19H22. The molecule has 0 N–H and O–H groups in total. The fraction of sp³-hybridized carbons (Fsp3) is 0.368. The van der Waals surface area contributed by atoms with Crippen molar-refractivity contribution in [3.8, 4) is 11.8 Å². The van der Waals surface area contributed by atoms with Crippen LogP contribution in [0.3, 0.4) is 0 Å². The zero-order valence-electron chi connectivity index (χ0n) is 11.8. The van der Waals surface area contributed by atoms with Crippen LogP contribution in [0, 0.1) is 11.8 Å². The van der Waals surface area contributed by atoms with Crippen molar-refractivity contribution in [2.75, 3.05) is 0 Å². The van der Waals surface area contributed by atoms with Gasteiger partial charge in [0.15, 0.2) is 0 Å². The van der Waals surface area contributed by atoms with E-state index in [9.17, 15) is 0 Å². The van der Waals surface area contributed by atoms with Crippen molar-refractivity contribution in [1.29, 1.82) is 0 Å². The topological polar surface area (TPSA) is 0 Å². The first-order valence-corrected chi connectivity index (χ1v) is 7.38. The van der Waals surface area contributed by atoms with Gasteiger partial charge in [-0.15, -0.1) is 0 Å². The molecular weight excluding hydrogens is 228 g/mol. The van der Waals surface area contributed by atoms with Crippen molar-refractivity contribution in [2.45, 2.75) is 45.4 Å². The highest BCUT2D eigenvalue weighted by Crippen LogP contribution is 2.17. The Morgan fingerprint density at radius 3 is 2.53 bits per heavy atom. The number of hydrogen-bond acceptors (Lipinski definition) is 0. The van der Waals surface area contributed by atoms with Gasteiger partial charge in [-0.3, -0.25) is 0 Å². The van der Waals surface area contributed by atoms with Crippen LogP contribution in [0.1, 0.15) is 51.0 Å². The lowest BCUT2D eigenvalue weighted by atomic mass is 10.0. The smallest absolute Gasteiger partial charge is 0.0323 e. The lowest BCUT2D eigenvalue weighted by Gasteiger charge is -1.99. The van der Waals surface area contributed by atoms with Gasteiger partial charge in [-0.25, -0.2) is 0 Å². The summed E-state index contributed by atoms with van der Waals surface area (Å²) in [6.07, 6.45) is 7.59. The molecule has 0 unspecified atom stereocenters. The first kappa shape index (κ1) is 13.7. The largest absolute Gasteiger partial charge is 0.0979 e. The summed E-state index contributed by atoms with van der Waals surface area (Å²) in [6.45, 7) is 2.25. The fourth-order valence-corrected chi connectivity index (χ4v) is 2.31. The van der Waals surface area contributed by atoms with Gasteiger partial charge >= 0.3 is 0 Å². The molecule has 0 heterocycles. The Bertz CT molecular complexity index is 564. The summed E-state index contributed by atoms with van der Waals surface area (Å²) >= 11 is 0. The summed E-state index contributed by atoms with van der Waals surface area (Å²) in [5, 5.41) is 2.54. The number of fused-ring (bicyclic) bond motifs is 1. The van der Waals surface area contributed by atoms with E-state index in [0.29, 0.717) is 0 Å². The van der Waals surface area contributed by atoms with Gasteiger partial charge in [0.2, 0.25) is 0 Å². The van der Waals surface area contributed by atoms with E-state index in [2.05, 4.69) is 61.2 Å². The van der Waals surface area contributed by atoms with E-state index in [-0.39, 0.29) is 0 Å². The van der Waals surface area contributed by atoms with Crippen LogP contribution in [0.5, 0.6) is 0 Å². The molecule has 19 heavy (non-hydrogen) atoms. The SMILES string of the molecule is CCCCCCCC#Cc1cccc2ccccc12. The molecule has 0 radical (unpaired) electrons. The minimum absolute atomic E-state index is 1.02. The van der Waals surface area contributed by atoms with Gasteiger partial charge < -0.3 is 0 Å². The van der Waals surface area contributed by atoms with E-state index in [0.717, 1.165) is 12.0 Å². The summed E-state index contributed by atoms with van der Waals surface area (Å²) in [4.78, 5) is 0. The molecule has 0 aromatic heterocycles. The van der Waals surface area contributed by atoms with Crippen LogP contribution in [0.25, 0.3) is 10.8 Å². The average molecular weight is 250 g/mol. The number of hydrogen-bond donors (Lipinski definition) is 0. The summed E-state index contributed by atoms with van der Waals surface area (Å²) in [7, 11) is 0. The maximum atomic E-state index is 3.33. The Labute approximate surface area is 116 Å². The van der Waals surface area contributed by atoms with Crippen molar-refractivity contribution in [3.05, 3.63) is 48.0 Å². The fourth-order valence-electron chi connectivity index (χ4n) is 2.31. The molecule has 0 saturated carbocycles. The van der Waals surface area contributed by atoms with Crippen LogP contribution in [0.2, 0.25) is 0 Å². The summed E-state index contributed by atoms with van der Waals surface area (Å²) < 4.78 is 0. The lowest BCUT2D eigenvalue weighted by molar-refractivity contribution is 0.641. The molecule has 0 aliphatic heterocycles. The van der Waals surface area contributed by atoms with Gasteiger partial charge in [0.25, 0.3) is 0 Å². The van der Waals surface area contributed by atoms with E-state index in [1.54, 1.807) is 0 Å². The highest BCUT2D eigenvalue weighted by Gasteiger charge is 1.95. The summed E-state index contributed by atoms with van der Waals surface area (Å²) in [6, 6.07) is 14.8. The monoisotopic (exact) mass is 250 g/mol. The third kappa shape index (κ3) is 4.14. The molecule has 98 valence electrons. The molecule has 0 saturated heterocycles. The van der Waals surface area contributed by atoms with Gasteiger partial charge in [-0.2, -0.15) is 0 Å². The number of unbranched alkanes of at least 4 members (excludes halogenated alkanes) is 5.